The van der Waals surface area contributed by atoms with Gasteiger partial charge in [-0.2, -0.15) is 0 Å². The van der Waals surface area contributed by atoms with Crippen LogP contribution in [0.5, 0.6) is 0 Å². The van der Waals surface area contributed by atoms with E-state index in [4.69, 9.17) is 0 Å². The second-order valence-corrected chi connectivity index (χ2v) is 3.20. The summed E-state index contributed by atoms with van der Waals surface area (Å²) in [7, 11) is 0. The maximum atomic E-state index is 11.2. The van der Waals surface area contributed by atoms with E-state index in [9.17, 15) is 9.59 Å². The highest BCUT2D eigenvalue weighted by Crippen LogP contribution is 2.11. The van der Waals surface area contributed by atoms with Gasteiger partial charge in [0.2, 0.25) is 5.91 Å². The van der Waals surface area contributed by atoms with Gasteiger partial charge in [0, 0.05) is 24.1 Å². The molecule has 1 aliphatic rings. The van der Waals surface area contributed by atoms with Gasteiger partial charge in [-0.15, -0.1) is 0 Å². The summed E-state index contributed by atoms with van der Waals surface area (Å²) in [6.07, 6.45) is 2.63. The molecule has 0 spiro atoms. The van der Waals surface area contributed by atoms with Crippen molar-refractivity contribution in [3.05, 3.63) is 11.8 Å². The van der Waals surface area contributed by atoms with Crippen molar-refractivity contribution in [2.45, 2.75) is 26.7 Å². The minimum atomic E-state index is -0.0571. The molecule has 0 aromatic carbocycles. The van der Waals surface area contributed by atoms with Crippen molar-refractivity contribution in [2.75, 3.05) is 0 Å². The number of nitrogens with one attached hydrogen (secondary N) is 1. The number of Topliss-reactive ketones (excluding diaryl/α,β-unsaturated/α-hetero) is 1. The van der Waals surface area contributed by atoms with Crippen LogP contribution in [0.15, 0.2) is 11.8 Å². The van der Waals surface area contributed by atoms with Gasteiger partial charge in [0.15, 0.2) is 5.78 Å². The zero-order valence-corrected chi connectivity index (χ0v) is 7.39. The van der Waals surface area contributed by atoms with Gasteiger partial charge in [-0.05, 0) is 13.3 Å². The van der Waals surface area contributed by atoms with Crippen LogP contribution < -0.4 is 5.32 Å². The molecule has 1 unspecified atom stereocenters. The average molecular weight is 167 g/mol. The lowest BCUT2D eigenvalue weighted by molar-refractivity contribution is -0.124. The molecule has 0 aliphatic carbocycles. The van der Waals surface area contributed by atoms with Crippen molar-refractivity contribution >= 4 is 11.7 Å². The van der Waals surface area contributed by atoms with Crippen LogP contribution in [-0.4, -0.2) is 11.7 Å². The van der Waals surface area contributed by atoms with E-state index in [-0.39, 0.29) is 17.6 Å². The minimum Gasteiger partial charge on any atom is -0.332 e. The summed E-state index contributed by atoms with van der Waals surface area (Å²) in [4.78, 5) is 22.4. The van der Waals surface area contributed by atoms with Crippen molar-refractivity contribution in [1.29, 1.82) is 0 Å². The maximum Gasteiger partial charge on any atom is 0.226 e. The number of carbonyl (C=O) groups is 2. The molecule has 3 heteroatoms. The quantitative estimate of drug-likeness (QED) is 0.585. The summed E-state index contributed by atoms with van der Waals surface area (Å²) in [5.74, 6) is 0.0713. The molecule has 3 nitrogen and oxygen atoms in total. The number of allylic oxidation sites excluding steroid dienone is 1. The van der Waals surface area contributed by atoms with E-state index in [0.29, 0.717) is 18.4 Å². The van der Waals surface area contributed by atoms with Crippen LogP contribution >= 0.6 is 0 Å². The van der Waals surface area contributed by atoms with E-state index < -0.39 is 0 Å². The standard InChI is InChI=1S/C9H13NO2/c1-6-3-4-8(11)7(2)5-10-9(6)12/h5-6H,3-4H2,1-2H3,(H,10,12)/b7-5-. The van der Waals surface area contributed by atoms with Crippen LogP contribution in [0.25, 0.3) is 0 Å². The normalized spacial score (nSPS) is 29.8. The molecular weight excluding hydrogens is 154 g/mol. The molecule has 12 heavy (non-hydrogen) atoms. The van der Waals surface area contributed by atoms with Crippen molar-refractivity contribution in [3.63, 3.8) is 0 Å². The molecule has 66 valence electrons. The Morgan fingerprint density at radius 1 is 1.50 bits per heavy atom. The van der Waals surface area contributed by atoms with Crippen molar-refractivity contribution in [3.8, 4) is 0 Å². The molecule has 0 fully saturated rings. The first-order valence-electron chi connectivity index (χ1n) is 4.11. The third-order valence-corrected chi connectivity index (χ3v) is 2.12. The number of rotatable bonds is 0. The van der Waals surface area contributed by atoms with Crippen molar-refractivity contribution < 1.29 is 9.59 Å². The summed E-state index contributed by atoms with van der Waals surface area (Å²) in [5, 5.41) is 2.59. The molecule has 1 aliphatic heterocycles. The zero-order valence-electron chi connectivity index (χ0n) is 7.39. The van der Waals surface area contributed by atoms with Gasteiger partial charge >= 0.3 is 0 Å². The molecule has 1 rings (SSSR count). The van der Waals surface area contributed by atoms with Crippen LogP contribution in [0.2, 0.25) is 0 Å². The van der Waals surface area contributed by atoms with E-state index in [1.165, 1.54) is 6.20 Å². The van der Waals surface area contributed by atoms with Crippen LogP contribution in [-0.2, 0) is 9.59 Å². The molecule has 0 saturated heterocycles. The van der Waals surface area contributed by atoms with Gasteiger partial charge in [0.25, 0.3) is 0 Å². The molecule has 0 saturated carbocycles. The molecule has 0 aromatic rings. The average Bonchev–Trinajstić information content (AvgIpc) is 2.07. The van der Waals surface area contributed by atoms with E-state index >= 15 is 0 Å². The number of carbonyl (C=O) groups excluding carboxylic acids is 2. The topological polar surface area (TPSA) is 46.2 Å². The van der Waals surface area contributed by atoms with E-state index in [0.717, 1.165) is 0 Å². The van der Waals surface area contributed by atoms with Crippen LogP contribution in [0.4, 0.5) is 0 Å². The molecule has 0 bridgehead atoms. The van der Waals surface area contributed by atoms with Gasteiger partial charge < -0.3 is 5.32 Å². The van der Waals surface area contributed by atoms with E-state index in [1.807, 2.05) is 6.92 Å². The largest absolute Gasteiger partial charge is 0.332 e. The Balaban J connectivity index is 2.76. The Labute approximate surface area is 71.8 Å². The molecule has 1 heterocycles. The van der Waals surface area contributed by atoms with Crippen molar-refractivity contribution in [1.82, 2.24) is 5.32 Å². The van der Waals surface area contributed by atoms with Gasteiger partial charge in [-0.1, -0.05) is 6.92 Å². The first-order chi connectivity index (χ1) is 5.61. The predicted octanol–water partition coefficient (Wildman–Crippen LogP) is 1.01. The monoisotopic (exact) mass is 167 g/mol. The Morgan fingerprint density at radius 2 is 2.17 bits per heavy atom. The first-order valence-corrected chi connectivity index (χ1v) is 4.11. The van der Waals surface area contributed by atoms with Crippen LogP contribution in [0.3, 0.4) is 0 Å². The van der Waals surface area contributed by atoms with Crippen LogP contribution in [0, 0.1) is 5.92 Å². The van der Waals surface area contributed by atoms with E-state index in [2.05, 4.69) is 5.32 Å². The third-order valence-electron chi connectivity index (χ3n) is 2.12. The number of amides is 1. The maximum absolute atomic E-state index is 11.2. The molecule has 1 N–H and O–H groups in total. The summed E-state index contributed by atoms with van der Waals surface area (Å²) >= 11 is 0. The summed E-state index contributed by atoms with van der Waals surface area (Å²) in [5.41, 5.74) is 0.634. The number of hydrogen-bond acceptors (Lipinski definition) is 2. The van der Waals surface area contributed by atoms with Gasteiger partial charge in [-0.3, -0.25) is 9.59 Å². The summed E-state index contributed by atoms with van der Waals surface area (Å²) in [6, 6.07) is 0. The molecule has 1 amide bonds. The predicted molar refractivity (Wildman–Crippen MR) is 45.3 cm³/mol. The molecule has 0 radical (unpaired) electrons. The molecule has 1 atom stereocenters. The Hall–Kier alpha value is -1.12. The number of hydrogen-bond donors (Lipinski definition) is 1. The molecule has 0 aromatic heterocycles. The fourth-order valence-electron chi connectivity index (χ4n) is 1.08. The smallest absolute Gasteiger partial charge is 0.226 e. The van der Waals surface area contributed by atoms with Crippen LogP contribution in [0.1, 0.15) is 26.7 Å². The fourth-order valence-corrected chi connectivity index (χ4v) is 1.08. The van der Waals surface area contributed by atoms with Gasteiger partial charge in [0.1, 0.15) is 0 Å². The lowest BCUT2D eigenvalue weighted by Gasteiger charge is -2.13. The number of ketones is 1. The van der Waals surface area contributed by atoms with Gasteiger partial charge in [-0.25, -0.2) is 0 Å². The van der Waals surface area contributed by atoms with Crippen molar-refractivity contribution in [2.24, 2.45) is 5.92 Å². The Kier molecular flexibility index (Phi) is 2.63. The second-order valence-electron chi connectivity index (χ2n) is 3.20. The molecular formula is C9H13NO2. The first kappa shape index (κ1) is 8.97. The minimum absolute atomic E-state index is 0.00171. The highest BCUT2D eigenvalue weighted by atomic mass is 16.2. The summed E-state index contributed by atoms with van der Waals surface area (Å²) < 4.78 is 0. The second kappa shape index (κ2) is 3.52. The Bertz CT molecular complexity index is 243. The zero-order chi connectivity index (χ0) is 9.14. The fraction of sp³-hybridized carbons (Fsp3) is 0.556. The lowest BCUT2D eigenvalue weighted by Crippen LogP contribution is -2.28. The van der Waals surface area contributed by atoms with Gasteiger partial charge in [0.05, 0.1) is 0 Å². The SMILES string of the molecule is C/C1=C/NC(=O)C(C)CCC1=O. The van der Waals surface area contributed by atoms with E-state index in [1.54, 1.807) is 6.92 Å². The highest BCUT2D eigenvalue weighted by molar-refractivity contribution is 5.96. The Morgan fingerprint density at radius 3 is 2.83 bits per heavy atom. The lowest BCUT2D eigenvalue weighted by atomic mass is 9.98. The highest BCUT2D eigenvalue weighted by Gasteiger charge is 2.17. The summed E-state index contributed by atoms with van der Waals surface area (Å²) in [6.45, 7) is 3.55. The third kappa shape index (κ3) is 1.94.